The van der Waals surface area contributed by atoms with Crippen LogP contribution in [0.15, 0.2) is 45.2 Å². The second-order valence-electron chi connectivity index (χ2n) is 3.34. The molecule has 0 bridgehead atoms. The SMILES string of the molecule is CCOC(=O)c1cccc(N)c1Sc1ncco1. The van der Waals surface area contributed by atoms with Gasteiger partial charge in [-0.05, 0) is 30.8 Å². The molecule has 0 atom stereocenters. The van der Waals surface area contributed by atoms with Gasteiger partial charge in [0.1, 0.15) is 6.26 Å². The van der Waals surface area contributed by atoms with E-state index in [-0.39, 0.29) is 0 Å². The van der Waals surface area contributed by atoms with Crippen molar-refractivity contribution in [3.8, 4) is 0 Å². The number of oxazole rings is 1. The van der Waals surface area contributed by atoms with Crippen molar-refractivity contribution in [3.05, 3.63) is 36.2 Å². The summed E-state index contributed by atoms with van der Waals surface area (Å²) >= 11 is 1.20. The number of hydrogen-bond acceptors (Lipinski definition) is 6. The molecule has 0 fully saturated rings. The number of nitrogen functional groups attached to an aromatic ring is 1. The van der Waals surface area contributed by atoms with E-state index in [9.17, 15) is 4.79 Å². The smallest absolute Gasteiger partial charge is 0.339 e. The van der Waals surface area contributed by atoms with Crippen molar-refractivity contribution in [1.29, 1.82) is 0 Å². The van der Waals surface area contributed by atoms with Crippen molar-refractivity contribution < 1.29 is 13.9 Å². The van der Waals surface area contributed by atoms with Gasteiger partial charge in [0.15, 0.2) is 0 Å². The molecule has 2 aromatic rings. The third-order valence-electron chi connectivity index (χ3n) is 2.14. The van der Waals surface area contributed by atoms with Gasteiger partial charge >= 0.3 is 5.97 Å². The van der Waals surface area contributed by atoms with Gasteiger partial charge in [0.05, 0.1) is 23.3 Å². The van der Waals surface area contributed by atoms with Crippen LogP contribution < -0.4 is 5.73 Å². The number of benzene rings is 1. The number of carbonyl (C=O) groups is 1. The first-order chi connectivity index (χ1) is 8.72. The Hall–Kier alpha value is -1.95. The van der Waals surface area contributed by atoms with Gasteiger partial charge in [-0.3, -0.25) is 0 Å². The molecule has 0 aliphatic rings. The zero-order valence-corrected chi connectivity index (χ0v) is 10.6. The fourth-order valence-corrected chi connectivity index (χ4v) is 2.23. The summed E-state index contributed by atoms with van der Waals surface area (Å²) < 4.78 is 10.1. The molecule has 0 radical (unpaired) electrons. The Morgan fingerprint density at radius 1 is 1.56 bits per heavy atom. The van der Waals surface area contributed by atoms with Crippen molar-refractivity contribution in [2.75, 3.05) is 12.3 Å². The molecular formula is C12H12N2O3S. The molecule has 0 aliphatic carbocycles. The van der Waals surface area contributed by atoms with Gasteiger partial charge in [0.2, 0.25) is 0 Å². The van der Waals surface area contributed by atoms with E-state index < -0.39 is 5.97 Å². The molecule has 2 rings (SSSR count). The Labute approximate surface area is 108 Å². The van der Waals surface area contributed by atoms with Gasteiger partial charge in [-0.25, -0.2) is 9.78 Å². The fraction of sp³-hybridized carbons (Fsp3) is 0.167. The summed E-state index contributed by atoms with van der Waals surface area (Å²) in [6.45, 7) is 2.07. The van der Waals surface area contributed by atoms with Crippen molar-refractivity contribution in [2.24, 2.45) is 0 Å². The maximum Gasteiger partial charge on any atom is 0.339 e. The lowest BCUT2D eigenvalue weighted by Crippen LogP contribution is -2.07. The van der Waals surface area contributed by atoms with E-state index in [0.717, 1.165) is 0 Å². The summed E-state index contributed by atoms with van der Waals surface area (Å²) in [5, 5.41) is 0.429. The van der Waals surface area contributed by atoms with Gasteiger partial charge in [-0.15, -0.1) is 0 Å². The number of nitrogens with two attached hydrogens (primary N) is 1. The molecule has 6 heteroatoms. The van der Waals surface area contributed by atoms with E-state index >= 15 is 0 Å². The Kier molecular flexibility index (Phi) is 3.88. The second kappa shape index (κ2) is 5.59. The highest BCUT2D eigenvalue weighted by Crippen LogP contribution is 2.34. The molecule has 0 unspecified atom stereocenters. The molecule has 1 aromatic heterocycles. The van der Waals surface area contributed by atoms with Crippen LogP contribution in [0.1, 0.15) is 17.3 Å². The van der Waals surface area contributed by atoms with Gasteiger partial charge in [-0.2, -0.15) is 0 Å². The van der Waals surface area contributed by atoms with E-state index in [2.05, 4.69) is 4.98 Å². The highest BCUT2D eigenvalue weighted by Gasteiger charge is 2.17. The summed E-state index contributed by atoms with van der Waals surface area (Å²) in [6.07, 6.45) is 3.00. The lowest BCUT2D eigenvalue weighted by atomic mass is 10.2. The number of nitrogens with zero attached hydrogens (tertiary/aromatic N) is 1. The zero-order valence-electron chi connectivity index (χ0n) is 9.75. The molecule has 1 heterocycles. The van der Waals surface area contributed by atoms with Crippen LogP contribution >= 0.6 is 11.8 Å². The summed E-state index contributed by atoms with van der Waals surface area (Å²) in [4.78, 5) is 16.4. The first kappa shape index (κ1) is 12.5. The summed E-state index contributed by atoms with van der Waals surface area (Å²) in [6, 6.07) is 5.09. The molecule has 1 aromatic carbocycles. The van der Waals surface area contributed by atoms with Crippen LogP contribution in [0.2, 0.25) is 0 Å². The van der Waals surface area contributed by atoms with Gasteiger partial charge < -0.3 is 14.9 Å². The average Bonchev–Trinajstić information content (AvgIpc) is 2.85. The predicted octanol–water partition coefficient (Wildman–Crippen LogP) is 2.58. The third-order valence-corrected chi connectivity index (χ3v) is 3.18. The summed E-state index contributed by atoms with van der Waals surface area (Å²) in [5.41, 5.74) is 6.78. The number of aromatic nitrogens is 1. The van der Waals surface area contributed by atoms with Crippen LogP contribution in [0.3, 0.4) is 0 Å². The van der Waals surface area contributed by atoms with E-state index in [1.165, 1.54) is 24.2 Å². The van der Waals surface area contributed by atoms with Crippen LogP contribution in [0, 0.1) is 0 Å². The standard InChI is InChI=1S/C12H12N2O3S/c1-2-16-11(15)8-4-3-5-9(13)10(8)18-12-14-6-7-17-12/h3-7H,2,13H2,1H3. The molecule has 18 heavy (non-hydrogen) atoms. The van der Waals surface area contributed by atoms with Gasteiger partial charge in [0.25, 0.3) is 5.22 Å². The molecule has 0 aliphatic heterocycles. The molecular weight excluding hydrogens is 252 g/mol. The topological polar surface area (TPSA) is 78.4 Å². The average molecular weight is 264 g/mol. The molecule has 0 spiro atoms. The Bertz CT molecular complexity index is 540. The number of esters is 1. The number of carbonyl (C=O) groups excluding carboxylic acids is 1. The van der Waals surface area contributed by atoms with Crippen LogP contribution in [-0.4, -0.2) is 17.6 Å². The maximum atomic E-state index is 11.8. The van der Waals surface area contributed by atoms with Crippen molar-refractivity contribution in [2.45, 2.75) is 17.0 Å². The molecule has 94 valence electrons. The minimum Gasteiger partial charge on any atom is -0.462 e. The Balaban J connectivity index is 2.35. The summed E-state index contributed by atoms with van der Waals surface area (Å²) in [5.74, 6) is -0.404. The Morgan fingerprint density at radius 2 is 2.39 bits per heavy atom. The highest BCUT2D eigenvalue weighted by molar-refractivity contribution is 7.99. The lowest BCUT2D eigenvalue weighted by Gasteiger charge is -2.09. The molecule has 0 saturated carbocycles. The van der Waals surface area contributed by atoms with Crippen LogP contribution in [0.25, 0.3) is 0 Å². The third kappa shape index (κ3) is 2.65. The molecule has 5 nitrogen and oxygen atoms in total. The van der Waals surface area contributed by atoms with Crippen LogP contribution in [0.4, 0.5) is 5.69 Å². The number of rotatable bonds is 4. The van der Waals surface area contributed by atoms with E-state index in [0.29, 0.717) is 28.0 Å². The first-order valence-corrected chi connectivity index (χ1v) is 6.17. The molecule has 0 amide bonds. The first-order valence-electron chi connectivity index (χ1n) is 5.35. The minimum absolute atomic E-state index is 0.316. The highest BCUT2D eigenvalue weighted by atomic mass is 32.2. The van der Waals surface area contributed by atoms with Crippen molar-refractivity contribution in [3.63, 3.8) is 0 Å². The normalized spacial score (nSPS) is 10.3. The number of ether oxygens (including phenoxy) is 1. The van der Waals surface area contributed by atoms with Crippen molar-refractivity contribution in [1.82, 2.24) is 4.98 Å². The monoisotopic (exact) mass is 264 g/mol. The van der Waals surface area contributed by atoms with E-state index in [1.807, 2.05) is 0 Å². The molecule has 2 N–H and O–H groups in total. The van der Waals surface area contributed by atoms with Gasteiger partial charge in [0, 0.05) is 5.69 Å². The predicted molar refractivity (Wildman–Crippen MR) is 67.4 cm³/mol. The maximum absolute atomic E-state index is 11.8. The quantitative estimate of drug-likeness (QED) is 0.675. The van der Waals surface area contributed by atoms with Crippen LogP contribution in [-0.2, 0) is 4.74 Å². The lowest BCUT2D eigenvalue weighted by molar-refractivity contribution is 0.0522. The summed E-state index contributed by atoms with van der Waals surface area (Å²) in [7, 11) is 0. The number of hydrogen-bond donors (Lipinski definition) is 1. The van der Waals surface area contributed by atoms with Crippen LogP contribution in [0.5, 0.6) is 0 Å². The largest absolute Gasteiger partial charge is 0.462 e. The minimum atomic E-state index is -0.404. The second-order valence-corrected chi connectivity index (χ2v) is 4.31. The Morgan fingerprint density at radius 3 is 3.06 bits per heavy atom. The zero-order chi connectivity index (χ0) is 13.0. The molecule has 0 saturated heterocycles. The number of anilines is 1. The fourth-order valence-electron chi connectivity index (χ4n) is 1.39. The van der Waals surface area contributed by atoms with E-state index in [4.69, 9.17) is 14.9 Å². The van der Waals surface area contributed by atoms with E-state index in [1.54, 1.807) is 25.1 Å². The van der Waals surface area contributed by atoms with Gasteiger partial charge in [-0.1, -0.05) is 6.07 Å². The van der Waals surface area contributed by atoms with Crippen molar-refractivity contribution >= 4 is 23.4 Å².